The molecule has 1 aromatic carbocycles. The van der Waals surface area contributed by atoms with Crippen LogP contribution in [0.5, 0.6) is 5.75 Å². The normalized spacial score (nSPS) is 15.9. The Hall–Kier alpha value is -3.28. The molecule has 2 amide bonds. The van der Waals surface area contributed by atoms with Crippen molar-refractivity contribution in [3.05, 3.63) is 65.5 Å². The molecule has 0 fully saturated rings. The molecule has 2 heterocycles. The van der Waals surface area contributed by atoms with Crippen LogP contribution in [0.2, 0.25) is 0 Å². The third-order valence-electron chi connectivity index (χ3n) is 3.39. The van der Waals surface area contributed by atoms with Crippen LogP contribution in [0, 0.1) is 0 Å². The fourth-order valence-corrected chi connectivity index (χ4v) is 2.18. The number of imide groups is 1. The van der Waals surface area contributed by atoms with E-state index in [9.17, 15) is 14.7 Å². The van der Waals surface area contributed by atoms with Gasteiger partial charge in [-0.3, -0.25) is 14.6 Å². The van der Waals surface area contributed by atoms with Gasteiger partial charge in [-0.1, -0.05) is 12.1 Å². The number of phenolic OH excluding ortho intramolecular Hbond substituents is 1. The molecule has 0 aliphatic carbocycles. The van der Waals surface area contributed by atoms with E-state index >= 15 is 0 Å². The number of aromatic hydroxyl groups is 1. The van der Waals surface area contributed by atoms with Crippen LogP contribution in [-0.4, -0.2) is 32.6 Å². The van der Waals surface area contributed by atoms with Crippen LogP contribution in [-0.2, 0) is 4.79 Å². The van der Waals surface area contributed by atoms with Gasteiger partial charge in [-0.05, 0) is 42.8 Å². The van der Waals surface area contributed by atoms with E-state index in [0.29, 0.717) is 16.8 Å². The second kappa shape index (κ2) is 5.84. The first kappa shape index (κ1) is 14.6. The van der Waals surface area contributed by atoms with E-state index in [1.807, 2.05) is 0 Å². The summed E-state index contributed by atoms with van der Waals surface area (Å²) in [6, 6.07) is 9.47. The average molecular weight is 307 g/mol. The quantitative estimate of drug-likeness (QED) is 0.681. The summed E-state index contributed by atoms with van der Waals surface area (Å²) in [5, 5.41) is 14.2. The second-order valence-electron chi connectivity index (χ2n) is 4.99. The minimum atomic E-state index is -0.495. The highest BCUT2D eigenvalue weighted by atomic mass is 16.3. The van der Waals surface area contributed by atoms with Crippen molar-refractivity contribution in [2.75, 3.05) is 0 Å². The van der Waals surface area contributed by atoms with Crippen molar-refractivity contribution >= 4 is 23.6 Å². The molecule has 0 spiro atoms. The van der Waals surface area contributed by atoms with Crippen LogP contribution in [0.3, 0.4) is 0 Å². The molecule has 1 N–H and O–H groups in total. The van der Waals surface area contributed by atoms with Crippen LogP contribution in [0.25, 0.3) is 6.08 Å². The van der Waals surface area contributed by atoms with Gasteiger partial charge in [0.2, 0.25) is 0 Å². The van der Waals surface area contributed by atoms with Crippen LogP contribution < -0.4 is 0 Å². The largest absolute Gasteiger partial charge is 0.508 e. The Morgan fingerprint density at radius 3 is 2.43 bits per heavy atom. The van der Waals surface area contributed by atoms with Crippen molar-refractivity contribution in [3.8, 4) is 5.75 Å². The van der Waals surface area contributed by atoms with Crippen LogP contribution in [0.4, 0.5) is 0 Å². The number of pyridine rings is 1. The molecule has 1 aromatic heterocycles. The number of nitrogens with zero attached hydrogens (tertiary/aromatic N) is 3. The zero-order valence-electron chi connectivity index (χ0n) is 12.3. The molecule has 6 heteroatoms. The highest BCUT2D eigenvalue weighted by Gasteiger charge is 2.32. The van der Waals surface area contributed by atoms with E-state index in [-0.39, 0.29) is 5.75 Å². The Labute approximate surface area is 132 Å². The van der Waals surface area contributed by atoms with Gasteiger partial charge in [0.05, 0.1) is 11.3 Å². The number of carbonyl (C=O) groups is 2. The van der Waals surface area contributed by atoms with Gasteiger partial charge in [0.1, 0.15) is 5.75 Å². The molecule has 0 unspecified atom stereocenters. The smallest absolute Gasteiger partial charge is 0.283 e. The Balaban J connectivity index is 1.90. The number of carbonyl (C=O) groups excluding carboxylic acids is 2. The summed E-state index contributed by atoms with van der Waals surface area (Å²) in [6.45, 7) is 1.67. The molecular weight excluding hydrogens is 294 g/mol. The maximum Gasteiger partial charge on any atom is 0.283 e. The van der Waals surface area contributed by atoms with Crippen LogP contribution in [0.1, 0.15) is 22.8 Å². The van der Waals surface area contributed by atoms with Gasteiger partial charge in [0.15, 0.2) is 0 Å². The van der Waals surface area contributed by atoms with Gasteiger partial charge in [-0.2, -0.15) is 10.1 Å². The molecule has 3 rings (SSSR count). The standard InChI is InChI=1S/C17H13N3O3/c1-11-15(10-12-2-4-14(21)5-3-12)17(23)20(19-11)16(22)13-6-8-18-9-7-13/h2-10,21H,1H3/b15-10+. The monoisotopic (exact) mass is 307 g/mol. The van der Waals surface area contributed by atoms with Gasteiger partial charge in [0.25, 0.3) is 11.8 Å². The molecule has 114 valence electrons. The van der Waals surface area contributed by atoms with Crippen molar-refractivity contribution in [3.63, 3.8) is 0 Å². The highest BCUT2D eigenvalue weighted by molar-refractivity contribution is 6.30. The maximum absolute atomic E-state index is 12.5. The molecule has 0 radical (unpaired) electrons. The molecule has 0 bridgehead atoms. The van der Waals surface area contributed by atoms with Gasteiger partial charge in [-0.25, -0.2) is 0 Å². The number of amides is 2. The zero-order valence-corrected chi connectivity index (χ0v) is 12.3. The maximum atomic E-state index is 12.5. The fourth-order valence-electron chi connectivity index (χ4n) is 2.18. The minimum absolute atomic E-state index is 0.143. The molecule has 1 aliphatic rings. The number of rotatable bonds is 2. The fraction of sp³-hybridized carbons (Fsp3) is 0.0588. The number of hydrogen-bond donors (Lipinski definition) is 1. The third-order valence-corrected chi connectivity index (χ3v) is 3.39. The third kappa shape index (κ3) is 2.87. The van der Waals surface area contributed by atoms with Gasteiger partial charge in [-0.15, -0.1) is 0 Å². The lowest BCUT2D eigenvalue weighted by Crippen LogP contribution is -2.29. The molecular formula is C17H13N3O3. The summed E-state index contributed by atoms with van der Waals surface area (Å²) < 4.78 is 0. The lowest BCUT2D eigenvalue weighted by atomic mass is 10.1. The molecule has 2 aromatic rings. The lowest BCUT2D eigenvalue weighted by Gasteiger charge is -2.09. The van der Waals surface area contributed by atoms with E-state index in [0.717, 1.165) is 10.6 Å². The summed E-state index contributed by atoms with van der Waals surface area (Å²) >= 11 is 0. The van der Waals surface area contributed by atoms with Crippen LogP contribution in [0.15, 0.2) is 59.5 Å². The average Bonchev–Trinajstić information content (AvgIpc) is 2.85. The van der Waals surface area contributed by atoms with Crippen molar-refractivity contribution in [2.24, 2.45) is 5.10 Å². The van der Waals surface area contributed by atoms with Gasteiger partial charge >= 0.3 is 0 Å². The van der Waals surface area contributed by atoms with Gasteiger partial charge in [0, 0.05) is 18.0 Å². The Morgan fingerprint density at radius 2 is 1.78 bits per heavy atom. The van der Waals surface area contributed by atoms with E-state index in [1.54, 1.807) is 25.1 Å². The first-order chi connectivity index (χ1) is 11.1. The Bertz CT molecular complexity index is 824. The number of benzene rings is 1. The zero-order chi connectivity index (χ0) is 16.4. The number of phenols is 1. The van der Waals surface area contributed by atoms with E-state index in [4.69, 9.17) is 0 Å². The molecule has 23 heavy (non-hydrogen) atoms. The first-order valence-corrected chi connectivity index (χ1v) is 6.91. The summed E-state index contributed by atoms with van der Waals surface area (Å²) in [5.74, 6) is -0.826. The summed E-state index contributed by atoms with van der Waals surface area (Å²) in [6.07, 6.45) is 4.61. The minimum Gasteiger partial charge on any atom is -0.508 e. The van der Waals surface area contributed by atoms with Crippen molar-refractivity contribution < 1.29 is 14.7 Å². The number of hydrazone groups is 1. The first-order valence-electron chi connectivity index (χ1n) is 6.91. The van der Waals surface area contributed by atoms with Gasteiger partial charge < -0.3 is 5.11 Å². The van der Waals surface area contributed by atoms with Crippen molar-refractivity contribution in [2.45, 2.75) is 6.92 Å². The molecule has 1 aliphatic heterocycles. The number of hydrogen-bond acceptors (Lipinski definition) is 5. The number of aromatic nitrogens is 1. The lowest BCUT2D eigenvalue weighted by molar-refractivity contribution is -0.123. The van der Waals surface area contributed by atoms with Crippen LogP contribution >= 0.6 is 0 Å². The second-order valence-corrected chi connectivity index (χ2v) is 4.99. The predicted molar refractivity (Wildman–Crippen MR) is 84.6 cm³/mol. The SMILES string of the molecule is CC1=NN(C(=O)c2ccncc2)C(=O)/C1=C/c1ccc(O)cc1. The van der Waals surface area contributed by atoms with E-state index in [2.05, 4.69) is 10.1 Å². The predicted octanol–water partition coefficient (Wildman–Crippen LogP) is 2.23. The van der Waals surface area contributed by atoms with E-state index in [1.165, 1.54) is 36.7 Å². The molecule has 0 atom stereocenters. The molecule has 6 nitrogen and oxygen atoms in total. The van der Waals surface area contributed by atoms with Crippen molar-refractivity contribution in [1.29, 1.82) is 0 Å². The Morgan fingerprint density at radius 1 is 1.13 bits per heavy atom. The van der Waals surface area contributed by atoms with Crippen molar-refractivity contribution in [1.82, 2.24) is 9.99 Å². The highest BCUT2D eigenvalue weighted by Crippen LogP contribution is 2.21. The van der Waals surface area contributed by atoms with E-state index < -0.39 is 11.8 Å². The summed E-state index contributed by atoms with van der Waals surface area (Å²) in [7, 11) is 0. The molecule has 0 saturated heterocycles. The summed E-state index contributed by atoms with van der Waals surface area (Å²) in [5.41, 5.74) is 1.89. The Kier molecular flexibility index (Phi) is 3.72. The molecule has 0 saturated carbocycles. The topological polar surface area (TPSA) is 82.9 Å². The summed E-state index contributed by atoms with van der Waals surface area (Å²) in [4.78, 5) is 28.7.